The van der Waals surface area contributed by atoms with E-state index < -0.39 is 0 Å². The molecule has 4 heteroatoms. The average Bonchev–Trinajstić information content (AvgIpc) is 2.60. The molecule has 1 atom stereocenters. The first-order valence-corrected chi connectivity index (χ1v) is 6.96. The van der Waals surface area contributed by atoms with Gasteiger partial charge in [-0.25, -0.2) is 0 Å². The number of nitrogens with one attached hydrogen (secondary N) is 1. The SMILES string of the molecule is CCNC(CC)c1cc2c(cc1Cl)OCCCO2. The summed E-state index contributed by atoms with van der Waals surface area (Å²) in [6, 6.07) is 4.15. The lowest BCUT2D eigenvalue weighted by Gasteiger charge is -2.19. The molecule has 0 spiro atoms. The van der Waals surface area contributed by atoms with Crippen LogP contribution in [0.5, 0.6) is 11.5 Å². The van der Waals surface area contributed by atoms with Crippen LogP contribution in [0.3, 0.4) is 0 Å². The van der Waals surface area contributed by atoms with Gasteiger partial charge in [-0.05, 0) is 24.6 Å². The summed E-state index contributed by atoms with van der Waals surface area (Å²) < 4.78 is 11.3. The van der Waals surface area contributed by atoms with Crippen molar-refractivity contribution in [2.24, 2.45) is 0 Å². The molecule has 0 aliphatic carbocycles. The van der Waals surface area contributed by atoms with Gasteiger partial charge in [-0.1, -0.05) is 25.4 Å². The Labute approximate surface area is 113 Å². The fraction of sp³-hybridized carbons (Fsp3) is 0.571. The highest BCUT2D eigenvalue weighted by Crippen LogP contribution is 2.38. The molecule has 1 aliphatic heterocycles. The summed E-state index contributed by atoms with van der Waals surface area (Å²) in [4.78, 5) is 0. The smallest absolute Gasteiger partial charge is 0.162 e. The van der Waals surface area contributed by atoms with E-state index in [0.717, 1.165) is 41.5 Å². The van der Waals surface area contributed by atoms with E-state index in [4.69, 9.17) is 21.1 Å². The van der Waals surface area contributed by atoms with Crippen LogP contribution in [-0.2, 0) is 0 Å². The van der Waals surface area contributed by atoms with E-state index in [-0.39, 0.29) is 6.04 Å². The van der Waals surface area contributed by atoms with Crippen LogP contribution in [0, 0.1) is 0 Å². The highest BCUT2D eigenvalue weighted by Gasteiger charge is 2.18. The second-order valence-corrected chi connectivity index (χ2v) is 4.80. The highest BCUT2D eigenvalue weighted by molar-refractivity contribution is 6.31. The maximum Gasteiger partial charge on any atom is 0.162 e. The van der Waals surface area contributed by atoms with Crippen molar-refractivity contribution in [1.82, 2.24) is 5.32 Å². The zero-order valence-electron chi connectivity index (χ0n) is 11.0. The summed E-state index contributed by atoms with van der Waals surface area (Å²) in [6.45, 7) is 6.55. The van der Waals surface area contributed by atoms with Gasteiger partial charge in [0.05, 0.1) is 13.2 Å². The van der Waals surface area contributed by atoms with Gasteiger partial charge in [0.1, 0.15) is 0 Å². The molecule has 0 radical (unpaired) electrons. The van der Waals surface area contributed by atoms with Crippen molar-refractivity contribution >= 4 is 11.6 Å². The van der Waals surface area contributed by atoms with E-state index in [1.165, 1.54) is 0 Å². The Morgan fingerprint density at radius 1 is 1.22 bits per heavy atom. The molecule has 0 saturated carbocycles. The third-order valence-corrected chi connectivity index (χ3v) is 3.43. The molecule has 2 rings (SSSR count). The molecule has 0 aromatic heterocycles. The predicted octanol–water partition coefficient (Wildman–Crippen LogP) is 3.56. The van der Waals surface area contributed by atoms with E-state index in [1.807, 2.05) is 12.1 Å². The van der Waals surface area contributed by atoms with Crippen molar-refractivity contribution in [3.05, 3.63) is 22.7 Å². The van der Waals surface area contributed by atoms with Crippen molar-refractivity contribution in [1.29, 1.82) is 0 Å². The second-order valence-electron chi connectivity index (χ2n) is 4.39. The van der Waals surface area contributed by atoms with E-state index in [2.05, 4.69) is 19.2 Å². The number of ether oxygens (including phenoxy) is 2. The molecule has 1 aromatic carbocycles. The topological polar surface area (TPSA) is 30.5 Å². The number of hydrogen-bond acceptors (Lipinski definition) is 3. The highest BCUT2D eigenvalue weighted by atomic mass is 35.5. The molecule has 18 heavy (non-hydrogen) atoms. The molecular formula is C14H20ClNO2. The van der Waals surface area contributed by atoms with E-state index in [1.54, 1.807) is 0 Å². The van der Waals surface area contributed by atoms with Gasteiger partial charge in [-0.3, -0.25) is 0 Å². The third kappa shape index (κ3) is 2.90. The van der Waals surface area contributed by atoms with Crippen molar-refractivity contribution in [2.45, 2.75) is 32.7 Å². The zero-order chi connectivity index (χ0) is 13.0. The minimum absolute atomic E-state index is 0.264. The van der Waals surface area contributed by atoms with Crippen LogP contribution in [0.2, 0.25) is 5.02 Å². The first-order chi connectivity index (χ1) is 8.76. The van der Waals surface area contributed by atoms with Gasteiger partial charge in [0, 0.05) is 23.6 Å². The number of benzene rings is 1. The summed E-state index contributed by atoms with van der Waals surface area (Å²) in [5.74, 6) is 1.57. The molecule has 1 heterocycles. The molecule has 0 bridgehead atoms. The molecule has 0 amide bonds. The summed E-state index contributed by atoms with van der Waals surface area (Å²) in [5, 5.41) is 4.17. The van der Waals surface area contributed by atoms with Gasteiger partial charge < -0.3 is 14.8 Å². The number of fused-ring (bicyclic) bond motifs is 1. The number of rotatable bonds is 4. The molecule has 1 unspecified atom stereocenters. The van der Waals surface area contributed by atoms with Gasteiger partial charge in [0.2, 0.25) is 0 Å². The Balaban J connectivity index is 2.33. The second kappa shape index (κ2) is 6.30. The number of hydrogen-bond donors (Lipinski definition) is 1. The summed E-state index contributed by atoms with van der Waals surface area (Å²) in [7, 11) is 0. The third-order valence-electron chi connectivity index (χ3n) is 3.10. The van der Waals surface area contributed by atoms with E-state index in [0.29, 0.717) is 13.2 Å². The Bertz CT molecular complexity index is 409. The molecule has 100 valence electrons. The maximum atomic E-state index is 6.35. The predicted molar refractivity (Wildman–Crippen MR) is 73.8 cm³/mol. The average molecular weight is 270 g/mol. The van der Waals surface area contributed by atoms with Crippen LogP contribution in [0.1, 0.15) is 38.3 Å². The maximum absolute atomic E-state index is 6.35. The molecule has 1 N–H and O–H groups in total. The van der Waals surface area contributed by atoms with Gasteiger partial charge in [-0.15, -0.1) is 0 Å². The largest absolute Gasteiger partial charge is 0.490 e. The summed E-state index contributed by atoms with van der Waals surface area (Å²) >= 11 is 6.35. The van der Waals surface area contributed by atoms with E-state index >= 15 is 0 Å². The zero-order valence-corrected chi connectivity index (χ0v) is 11.7. The van der Waals surface area contributed by atoms with Gasteiger partial charge in [-0.2, -0.15) is 0 Å². The van der Waals surface area contributed by atoms with Gasteiger partial charge in [0.25, 0.3) is 0 Å². The van der Waals surface area contributed by atoms with E-state index in [9.17, 15) is 0 Å². The fourth-order valence-corrected chi connectivity index (χ4v) is 2.47. The summed E-state index contributed by atoms with van der Waals surface area (Å²) in [5.41, 5.74) is 1.09. The van der Waals surface area contributed by atoms with Crippen molar-refractivity contribution in [3.8, 4) is 11.5 Å². The van der Waals surface area contributed by atoms with Crippen LogP contribution in [0.15, 0.2) is 12.1 Å². The van der Waals surface area contributed by atoms with Gasteiger partial charge >= 0.3 is 0 Å². The van der Waals surface area contributed by atoms with Crippen LogP contribution < -0.4 is 14.8 Å². The Hall–Kier alpha value is -0.930. The fourth-order valence-electron chi connectivity index (χ4n) is 2.19. The molecule has 3 nitrogen and oxygen atoms in total. The lowest BCUT2D eigenvalue weighted by atomic mass is 10.0. The summed E-state index contributed by atoms with van der Waals surface area (Å²) in [6.07, 6.45) is 1.90. The van der Waals surface area contributed by atoms with Crippen LogP contribution in [-0.4, -0.2) is 19.8 Å². The first kappa shape index (κ1) is 13.5. The van der Waals surface area contributed by atoms with Crippen LogP contribution in [0.25, 0.3) is 0 Å². The lowest BCUT2D eigenvalue weighted by molar-refractivity contribution is 0.297. The quantitative estimate of drug-likeness (QED) is 0.907. The molecule has 1 aliphatic rings. The standard InChI is InChI=1S/C14H20ClNO2/c1-3-12(16-4-2)10-8-13-14(9-11(10)15)18-7-5-6-17-13/h8-9,12,16H,3-7H2,1-2H3. The molecule has 0 fully saturated rings. The first-order valence-electron chi connectivity index (χ1n) is 6.58. The Morgan fingerprint density at radius 3 is 2.50 bits per heavy atom. The molecule has 1 aromatic rings. The normalized spacial score (nSPS) is 16.2. The van der Waals surface area contributed by atoms with Crippen LogP contribution in [0.4, 0.5) is 0 Å². The van der Waals surface area contributed by atoms with Gasteiger partial charge in [0.15, 0.2) is 11.5 Å². The van der Waals surface area contributed by atoms with Crippen molar-refractivity contribution in [3.63, 3.8) is 0 Å². The van der Waals surface area contributed by atoms with Crippen LogP contribution >= 0.6 is 11.6 Å². The number of halogens is 1. The Morgan fingerprint density at radius 2 is 1.89 bits per heavy atom. The minimum Gasteiger partial charge on any atom is -0.490 e. The minimum atomic E-state index is 0.264. The Kier molecular flexibility index (Phi) is 4.72. The molecular weight excluding hydrogens is 250 g/mol. The molecule has 0 saturated heterocycles. The monoisotopic (exact) mass is 269 g/mol. The van der Waals surface area contributed by atoms with Crippen molar-refractivity contribution < 1.29 is 9.47 Å². The van der Waals surface area contributed by atoms with Crippen molar-refractivity contribution in [2.75, 3.05) is 19.8 Å². The lowest BCUT2D eigenvalue weighted by Crippen LogP contribution is -2.20.